The molecule has 3 N–H and O–H groups in total. The highest BCUT2D eigenvalue weighted by atomic mass is 79.9. The molecule has 0 saturated carbocycles. The third-order valence-corrected chi connectivity index (χ3v) is 4.24. The molecule has 2 aliphatic heterocycles. The summed E-state index contributed by atoms with van der Waals surface area (Å²) >= 11 is 3.66. The molecule has 0 fully saturated rings. The molecule has 0 unspecified atom stereocenters. The van der Waals surface area contributed by atoms with E-state index in [1.54, 1.807) is 0 Å². The van der Waals surface area contributed by atoms with E-state index in [1.165, 1.54) is 16.7 Å². The highest BCUT2D eigenvalue weighted by Crippen LogP contribution is 2.47. The van der Waals surface area contributed by atoms with E-state index >= 15 is 0 Å². The molecule has 0 amide bonds. The molecule has 17 heavy (non-hydrogen) atoms. The molecule has 4 heteroatoms. The van der Waals surface area contributed by atoms with Gasteiger partial charge >= 0.3 is 0 Å². The Hall–Kier alpha value is -0.740. The van der Waals surface area contributed by atoms with E-state index in [-0.39, 0.29) is 0 Å². The number of fused-ring (bicyclic) bond motifs is 2. The number of halogens is 1. The van der Waals surface area contributed by atoms with Crippen LogP contribution in [-0.2, 0) is 19.3 Å². The standard InChI is InChI=1S/C13H16BrNO2/c1-7(15)6-10-8-2-4-17-13(8)11(14)9-3-5-16-12(9)10/h7H,2-6,15H2,1H3/p+1/t7-/m1/s1. The Morgan fingerprint density at radius 3 is 2.53 bits per heavy atom. The van der Waals surface area contributed by atoms with Crippen LogP contribution in [-0.4, -0.2) is 19.3 Å². The van der Waals surface area contributed by atoms with Gasteiger partial charge in [-0.2, -0.15) is 0 Å². The zero-order valence-corrected chi connectivity index (χ0v) is 11.6. The fourth-order valence-corrected chi connectivity index (χ4v) is 3.44. The number of benzene rings is 1. The maximum absolute atomic E-state index is 5.82. The van der Waals surface area contributed by atoms with Crippen molar-refractivity contribution in [2.45, 2.75) is 32.2 Å². The van der Waals surface area contributed by atoms with Gasteiger partial charge in [-0.3, -0.25) is 0 Å². The van der Waals surface area contributed by atoms with Crippen molar-refractivity contribution in [2.75, 3.05) is 13.2 Å². The van der Waals surface area contributed by atoms with Gasteiger partial charge in [0.25, 0.3) is 0 Å². The quantitative estimate of drug-likeness (QED) is 0.899. The lowest BCUT2D eigenvalue weighted by Crippen LogP contribution is -2.60. The molecular weight excluding hydrogens is 282 g/mol. The lowest BCUT2D eigenvalue weighted by Gasteiger charge is -2.15. The van der Waals surface area contributed by atoms with E-state index < -0.39 is 0 Å². The predicted octanol–water partition coefficient (Wildman–Crippen LogP) is 1.49. The van der Waals surface area contributed by atoms with Crippen molar-refractivity contribution in [1.29, 1.82) is 0 Å². The van der Waals surface area contributed by atoms with Crippen LogP contribution < -0.4 is 15.2 Å². The van der Waals surface area contributed by atoms with Crippen LogP contribution in [0.25, 0.3) is 0 Å². The normalized spacial score (nSPS) is 18.3. The third-order valence-electron chi connectivity index (χ3n) is 3.40. The Balaban J connectivity index is 2.19. The minimum atomic E-state index is 0.397. The van der Waals surface area contributed by atoms with E-state index in [2.05, 4.69) is 28.6 Å². The molecule has 0 radical (unpaired) electrons. The third kappa shape index (κ3) is 1.74. The summed E-state index contributed by atoms with van der Waals surface area (Å²) in [6, 6.07) is 0.397. The molecule has 0 spiro atoms. The van der Waals surface area contributed by atoms with Gasteiger partial charge in [0.05, 0.1) is 23.7 Å². The van der Waals surface area contributed by atoms with Crippen molar-refractivity contribution in [3.63, 3.8) is 0 Å². The maximum Gasteiger partial charge on any atom is 0.137 e. The SMILES string of the molecule is C[C@@H]([NH3+])Cc1c2c(c(Br)c3c1OCC3)OCC2. The molecule has 92 valence electrons. The van der Waals surface area contributed by atoms with Crippen molar-refractivity contribution in [2.24, 2.45) is 0 Å². The summed E-state index contributed by atoms with van der Waals surface area (Å²) in [5, 5.41) is 0. The number of quaternary nitrogens is 1. The van der Waals surface area contributed by atoms with Crippen LogP contribution >= 0.6 is 15.9 Å². The van der Waals surface area contributed by atoms with Gasteiger partial charge in [-0.25, -0.2) is 0 Å². The summed E-state index contributed by atoms with van der Waals surface area (Å²) in [6.07, 6.45) is 2.94. The van der Waals surface area contributed by atoms with Crippen LogP contribution in [0.5, 0.6) is 11.5 Å². The van der Waals surface area contributed by atoms with E-state index in [0.29, 0.717) is 6.04 Å². The van der Waals surface area contributed by atoms with Gasteiger partial charge < -0.3 is 15.2 Å². The number of ether oxygens (including phenoxy) is 2. The van der Waals surface area contributed by atoms with Crippen LogP contribution in [0.2, 0.25) is 0 Å². The molecule has 1 aromatic rings. The molecule has 0 aromatic heterocycles. The second-order valence-corrected chi connectivity index (χ2v) is 5.71. The topological polar surface area (TPSA) is 46.1 Å². The zero-order valence-electron chi connectivity index (χ0n) is 10.0. The van der Waals surface area contributed by atoms with Gasteiger partial charge in [0.15, 0.2) is 0 Å². The molecule has 0 aliphatic carbocycles. The molecule has 0 bridgehead atoms. The summed E-state index contributed by atoms with van der Waals surface area (Å²) in [5.74, 6) is 2.14. The summed E-state index contributed by atoms with van der Waals surface area (Å²) in [6.45, 7) is 3.72. The van der Waals surface area contributed by atoms with Crippen molar-refractivity contribution < 1.29 is 15.2 Å². The second kappa shape index (κ2) is 4.18. The fraction of sp³-hybridized carbons (Fsp3) is 0.538. The van der Waals surface area contributed by atoms with Crippen molar-refractivity contribution in [3.8, 4) is 11.5 Å². The van der Waals surface area contributed by atoms with E-state index in [9.17, 15) is 0 Å². The largest absolute Gasteiger partial charge is 0.493 e. The number of rotatable bonds is 2. The Morgan fingerprint density at radius 2 is 1.82 bits per heavy atom. The number of hydrogen-bond donors (Lipinski definition) is 1. The molecule has 0 saturated heterocycles. The van der Waals surface area contributed by atoms with Gasteiger partial charge in [0, 0.05) is 36.0 Å². The predicted molar refractivity (Wildman–Crippen MR) is 68.6 cm³/mol. The van der Waals surface area contributed by atoms with Crippen LogP contribution in [0, 0.1) is 0 Å². The van der Waals surface area contributed by atoms with Crippen LogP contribution in [0.15, 0.2) is 4.47 Å². The Morgan fingerprint density at radius 1 is 1.18 bits per heavy atom. The van der Waals surface area contributed by atoms with E-state index in [1.807, 2.05) is 0 Å². The van der Waals surface area contributed by atoms with Gasteiger partial charge in [-0.1, -0.05) is 0 Å². The highest BCUT2D eigenvalue weighted by molar-refractivity contribution is 9.10. The summed E-state index contributed by atoms with van der Waals surface area (Å²) in [5.41, 5.74) is 8.03. The van der Waals surface area contributed by atoms with Crippen molar-refractivity contribution in [3.05, 3.63) is 21.2 Å². The lowest BCUT2D eigenvalue weighted by molar-refractivity contribution is -0.413. The summed E-state index contributed by atoms with van der Waals surface area (Å²) in [7, 11) is 0. The second-order valence-electron chi connectivity index (χ2n) is 4.91. The Labute approximate surface area is 109 Å². The van der Waals surface area contributed by atoms with Crippen LogP contribution in [0.1, 0.15) is 23.6 Å². The molecule has 1 atom stereocenters. The number of hydrogen-bond acceptors (Lipinski definition) is 2. The van der Waals surface area contributed by atoms with Gasteiger partial charge in [-0.05, 0) is 22.9 Å². The van der Waals surface area contributed by atoms with Gasteiger partial charge in [0.1, 0.15) is 11.5 Å². The van der Waals surface area contributed by atoms with Crippen molar-refractivity contribution >= 4 is 15.9 Å². The molecule has 3 nitrogen and oxygen atoms in total. The molecular formula is C13H17BrNO2+. The van der Waals surface area contributed by atoms with E-state index in [4.69, 9.17) is 9.47 Å². The lowest BCUT2D eigenvalue weighted by atomic mass is 9.95. The maximum atomic E-state index is 5.82. The first-order valence-electron chi connectivity index (χ1n) is 6.13. The minimum Gasteiger partial charge on any atom is -0.493 e. The smallest absolute Gasteiger partial charge is 0.137 e. The summed E-state index contributed by atoms with van der Waals surface area (Å²) < 4.78 is 12.7. The van der Waals surface area contributed by atoms with Crippen LogP contribution in [0.4, 0.5) is 0 Å². The van der Waals surface area contributed by atoms with E-state index in [0.717, 1.165) is 48.4 Å². The zero-order chi connectivity index (χ0) is 12.0. The summed E-state index contributed by atoms with van der Waals surface area (Å²) in [4.78, 5) is 0. The first-order valence-corrected chi connectivity index (χ1v) is 6.92. The van der Waals surface area contributed by atoms with Crippen molar-refractivity contribution in [1.82, 2.24) is 0 Å². The first-order chi connectivity index (χ1) is 8.18. The average molecular weight is 299 g/mol. The molecule has 2 aliphatic rings. The average Bonchev–Trinajstić information content (AvgIpc) is 2.92. The molecule has 3 rings (SSSR count). The Kier molecular flexibility index (Phi) is 2.79. The first kappa shape index (κ1) is 11.4. The highest BCUT2D eigenvalue weighted by Gasteiger charge is 2.30. The fourth-order valence-electron chi connectivity index (χ4n) is 2.71. The molecule has 2 heterocycles. The van der Waals surface area contributed by atoms with Crippen LogP contribution in [0.3, 0.4) is 0 Å². The minimum absolute atomic E-state index is 0.397. The van der Waals surface area contributed by atoms with Gasteiger partial charge in [-0.15, -0.1) is 0 Å². The Bertz CT molecular complexity index is 436. The van der Waals surface area contributed by atoms with Gasteiger partial charge in [0.2, 0.25) is 0 Å². The monoisotopic (exact) mass is 298 g/mol. The molecule has 1 aromatic carbocycles.